The molecule has 1 saturated carbocycles. The van der Waals surface area contributed by atoms with Crippen molar-refractivity contribution in [3.63, 3.8) is 0 Å². The lowest BCUT2D eigenvalue weighted by molar-refractivity contribution is 0.182. The molecule has 0 unspecified atom stereocenters. The van der Waals surface area contributed by atoms with Gasteiger partial charge in [-0.05, 0) is 12.8 Å². The summed E-state index contributed by atoms with van der Waals surface area (Å²) in [7, 11) is 1.88. The van der Waals surface area contributed by atoms with Crippen LogP contribution in [-0.2, 0) is 6.54 Å². The van der Waals surface area contributed by atoms with E-state index in [9.17, 15) is 0 Å². The van der Waals surface area contributed by atoms with Crippen LogP contribution in [0.3, 0.4) is 0 Å². The fraction of sp³-hybridized carbons (Fsp3) is 0.778. The van der Waals surface area contributed by atoms with Crippen LogP contribution in [0.25, 0.3) is 0 Å². The van der Waals surface area contributed by atoms with Crippen LogP contribution in [0.15, 0.2) is 0 Å². The highest BCUT2D eigenvalue weighted by atomic mass is 32.1. The third-order valence-corrected chi connectivity index (χ3v) is 3.37. The zero-order valence-corrected chi connectivity index (χ0v) is 9.63. The van der Waals surface area contributed by atoms with Crippen molar-refractivity contribution in [3.8, 4) is 0 Å². The number of aliphatic hydroxyl groups excluding tert-OH is 1. The largest absolute Gasteiger partial charge is 0.395 e. The van der Waals surface area contributed by atoms with Crippen molar-refractivity contribution in [2.75, 3.05) is 25.5 Å². The van der Waals surface area contributed by atoms with Crippen molar-refractivity contribution in [1.82, 2.24) is 14.5 Å². The minimum atomic E-state index is 0.211. The summed E-state index contributed by atoms with van der Waals surface area (Å²) >= 11 is 1.38. The van der Waals surface area contributed by atoms with E-state index in [1.807, 2.05) is 7.05 Å². The summed E-state index contributed by atoms with van der Waals surface area (Å²) in [5.41, 5.74) is 0.989. The molecular formula is C9H16N4OS. The van der Waals surface area contributed by atoms with E-state index in [-0.39, 0.29) is 6.61 Å². The maximum absolute atomic E-state index is 8.98. The van der Waals surface area contributed by atoms with Gasteiger partial charge in [0.25, 0.3) is 0 Å². The molecule has 15 heavy (non-hydrogen) atoms. The molecule has 5 nitrogen and oxygen atoms in total. The first kappa shape index (κ1) is 10.8. The zero-order valence-electron chi connectivity index (χ0n) is 8.81. The average Bonchev–Trinajstić information content (AvgIpc) is 2.99. The lowest BCUT2D eigenvalue weighted by atomic mass is 10.3. The van der Waals surface area contributed by atoms with E-state index in [0.717, 1.165) is 23.8 Å². The van der Waals surface area contributed by atoms with Gasteiger partial charge in [-0.2, -0.15) is 0 Å². The maximum Gasteiger partial charge on any atom is 0.134 e. The molecule has 1 fully saturated rings. The molecular weight excluding hydrogens is 212 g/mol. The van der Waals surface area contributed by atoms with E-state index in [2.05, 4.69) is 19.8 Å². The normalized spacial score (nSPS) is 15.9. The summed E-state index contributed by atoms with van der Waals surface area (Å²) in [6.07, 6.45) is 2.49. The molecule has 1 aromatic heterocycles. The zero-order chi connectivity index (χ0) is 10.7. The predicted molar refractivity (Wildman–Crippen MR) is 60.0 cm³/mol. The predicted octanol–water partition coefficient (Wildman–Crippen LogP) is 0.536. The quantitative estimate of drug-likeness (QED) is 0.744. The molecule has 0 atom stereocenters. The third kappa shape index (κ3) is 2.64. The van der Waals surface area contributed by atoms with Gasteiger partial charge in [-0.1, -0.05) is 4.49 Å². The van der Waals surface area contributed by atoms with E-state index in [0.29, 0.717) is 6.04 Å². The van der Waals surface area contributed by atoms with Crippen LogP contribution < -0.4 is 5.32 Å². The monoisotopic (exact) mass is 228 g/mol. The summed E-state index contributed by atoms with van der Waals surface area (Å²) in [5, 5.41) is 17.2. The van der Waals surface area contributed by atoms with Crippen molar-refractivity contribution < 1.29 is 5.11 Å². The third-order valence-electron chi connectivity index (χ3n) is 2.59. The minimum Gasteiger partial charge on any atom is -0.395 e. The Kier molecular flexibility index (Phi) is 3.50. The van der Waals surface area contributed by atoms with Crippen molar-refractivity contribution in [2.45, 2.75) is 25.4 Å². The lowest BCUT2D eigenvalue weighted by Gasteiger charge is -2.19. The molecule has 2 rings (SSSR count). The Morgan fingerprint density at radius 2 is 2.40 bits per heavy atom. The van der Waals surface area contributed by atoms with Crippen LogP contribution in [-0.4, -0.2) is 45.8 Å². The van der Waals surface area contributed by atoms with Crippen LogP contribution in [0.4, 0.5) is 5.00 Å². The van der Waals surface area contributed by atoms with Crippen LogP contribution in [0.1, 0.15) is 18.5 Å². The molecule has 0 saturated heterocycles. The summed E-state index contributed by atoms with van der Waals surface area (Å²) in [6.45, 7) is 1.73. The van der Waals surface area contributed by atoms with Gasteiger partial charge >= 0.3 is 0 Å². The Balaban J connectivity index is 1.98. The highest BCUT2D eigenvalue weighted by molar-refractivity contribution is 7.10. The van der Waals surface area contributed by atoms with Gasteiger partial charge in [-0.3, -0.25) is 4.90 Å². The molecule has 0 aliphatic heterocycles. The van der Waals surface area contributed by atoms with Crippen molar-refractivity contribution in [1.29, 1.82) is 0 Å². The van der Waals surface area contributed by atoms with Gasteiger partial charge in [-0.15, -0.1) is 5.10 Å². The lowest BCUT2D eigenvalue weighted by Crippen LogP contribution is -2.29. The molecule has 0 aromatic carbocycles. The number of anilines is 1. The van der Waals surface area contributed by atoms with Gasteiger partial charge in [0.15, 0.2) is 0 Å². The van der Waals surface area contributed by atoms with Crippen LogP contribution >= 0.6 is 11.5 Å². The van der Waals surface area contributed by atoms with Crippen LogP contribution in [0.5, 0.6) is 0 Å². The number of nitrogens with zero attached hydrogens (tertiary/aromatic N) is 3. The Morgan fingerprint density at radius 3 is 3.00 bits per heavy atom. The summed E-state index contributed by atoms with van der Waals surface area (Å²) in [5.74, 6) is 0. The molecule has 0 radical (unpaired) electrons. The van der Waals surface area contributed by atoms with Crippen LogP contribution in [0.2, 0.25) is 0 Å². The first-order chi connectivity index (χ1) is 7.35. The SMILES string of the molecule is CNc1snnc1CN(CCO)C1CC1. The second kappa shape index (κ2) is 4.87. The molecule has 1 aromatic rings. The van der Waals surface area contributed by atoms with Crippen LogP contribution in [0, 0.1) is 0 Å². The Morgan fingerprint density at radius 1 is 1.60 bits per heavy atom. The maximum atomic E-state index is 8.98. The summed E-state index contributed by atoms with van der Waals surface area (Å²) in [4.78, 5) is 2.28. The van der Waals surface area contributed by atoms with E-state index in [1.165, 1.54) is 24.4 Å². The number of aromatic nitrogens is 2. The highest BCUT2D eigenvalue weighted by Gasteiger charge is 2.29. The average molecular weight is 228 g/mol. The van der Waals surface area contributed by atoms with Gasteiger partial charge in [0.1, 0.15) is 10.7 Å². The minimum absolute atomic E-state index is 0.211. The molecule has 2 N–H and O–H groups in total. The fourth-order valence-electron chi connectivity index (χ4n) is 1.65. The number of aliphatic hydroxyl groups is 1. The topological polar surface area (TPSA) is 61.3 Å². The molecule has 6 heteroatoms. The highest BCUT2D eigenvalue weighted by Crippen LogP contribution is 2.29. The number of nitrogens with one attached hydrogen (secondary N) is 1. The molecule has 1 aliphatic carbocycles. The Bertz CT molecular complexity index is 313. The van der Waals surface area contributed by atoms with Gasteiger partial charge in [-0.25, -0.2) is 0 Å². The molecule has 0 spiro atoms. The Labute approximate surface area is 93.3 Å². The first-order valence-electron chi connectivity index (χ1n) is 5.19. The van der Waals surface area contributed by atoms with Crippen molar-refractivity contribution >= 4 is 16.5 Å². The summed E-state index contributed by atoms with van der Waals surface area (Å²) < 4.78 is 3.93. The molecule has 0 amide bonds. The van der Waals surface area contributed by atoms with Gasteiger partial charge < -0.3 is 10.4 Å². The second-order valence-corrected chi connectivity index (χ2v) is 4.48. The smallest absolute Gasteiger partial charge is 0.134 e. The van der Waals surface area contributed by atoms with E-state index >= 15 is 0 Å². The molecule has 1 heterocycles. The van der Waals surface area contributed by atoms with E-state index in [1.54, 1.807) is 0 Å². The fourth-order valence-corrected chi connectivity index (χ4v) is 2.18. The van der Waals surface area contributed by atoms with E-state index in [4.69, 9.17) is 5.11 Å². The number of hydrogen-bond donors (Lipinski definition) is 2. The summed E-state index contributed by atoms with van der Waals surface area (Å²) in [6, 6.07) is 0.642. The Hall–Kier alpha value is -0.720. The second-order valence-electron chi connectivity index (χ2n) is 3.72. The standard InChI is InChI=1S/C9H16N4OS/c1-10-9-8(11-12-15-9)6-13(4-5-14)7-2-3-7/h7,10,14H,2-6H2,1H3. The van der Waals surface area contributed by atoms with Gasteiger partial charge in [0.2, 0.25) is 0 Å². The first-order valence-corrected chi connectivity index (χ1v) is 5.96. The molecule has 0 bridgehead atoms. The number of rotatable bonds is 6. The van der Waals surface area contributed by atoms with Gasteiger partial charge in [0, 0.05) is 37.7 Å². The van der Waals surface area contributed by atoms with Gasteiger partial charge in [0.05, 0.1) is 6.61 Å². The number of hydrogen-bond acceptors (Lipinski definition) is 6. The van der Waals surface area contributed by atoms with Crippen molar-refractivity contribution in [2.24, 2.45) is 0 Å². The molecule has 1 aliphatic rings. The van der Waals surface area contributed by atoms with Crippen molar-refractivity contribution in [3.05, 3.63) is 5.69 Å². The molecule has 84 valence electrons. The van der Waals surface area contributed by atoms with E-state index < -0.39 is 0 Å².